The number of hydrogen-bond acceptors (Lipinski definition) is 4. The molecule has 0 bridgehead atoms. The summed E-state index contributed by atoms with van der Waals surface area (Å²) in [7, 11) is 0. The van der Waals surface area contributed by atoms with E-state index in [4.69, 9.17) is 4.74 Å². The van der Waals surface area contributed by atoms with Crippen molar-refractivity contribution in [3.63, 3.8) is 0 Å². The summed E-state index contributed by atoms with van der Waals surface area (Å²) in [6.45, 7) is 5.53. The van der Waals surface area contributed by atoms with Crippen LogP contribution in [0, 0.1) is 13.8 Å². The van der Waals surface area contributed by atoms with Crippen molar-refractivity contribution >= 4 is 5.97 Å². The summed E-state index contributed by atoms with van der Waals surface area (Å²) >= 11 is 0. The lowest BCUT2D eigenvalue weighted by molar-refractivity contribution is -0.145. The second kappa shape index (κ2) is 5.68. The van der Waals surface area contributed by atoms with Crippen LogP contribution in [0.1, 0.15) is 36.1 Å². The van der Waals surface area contributed by atoms with E-state index in [-0.39, 0.29) is 12.2 Å². The number of carbonyl (C=O) groups excluding carboxylic acids is 1. The number of aliphatic hydroxyl groups excluding tert-OH is 1. The molecule has 0 aliphatic carbocycles. The van der Waals surface area contributed by atoms with Gasteiger partial charge in [0.05, 0.1) is 19.1 Å². The number of benzene rings is 1. The lowest BCUT2D eigenvalue weighted by atomic mass is 10.0. The smallest absolute Gasteiger partial charge is 0.308 e. The maximum Gasteiger partial charge on any atom is 0.308 e. The summed E-state index contributed by atoms with van der Waals surface area (Å²) in [4.78, 5) is 11.2. The molecular weight excluding hydrogens is 220 g/mol. The molecule has 0 radical (unpaired) electrons. The first kappa shape index (κ1) is 13.5. The van der Waals surface area contributed by atoms with E-state index in [1.54, 1.807) is 32.9 Å². The molecule has 0 fully saturated rings. The fourth-order valence-corrected chi connectivity index (χ4v) is 1.68. The quantitative estimate of drug-likeness (QED) is 0.787. The lowest BCUT2D eigenvalue weighted by Gasteiger charge is -2.13. The molecule has 17 heavy (non-hydrogen) atoms. The molecule has 0 aliphatic rings. The van der Waals surface area contributed by atoms with E-state index in [1.165, 1.54) is 0 Å². The molecule has 1 unspecified atom stereocenters. The van der Waals surface area contributed by atoms with Gasteiger partial charge in [-0.2, -0.15) is 0 Å². The number of phenolic OH excluding ortho intramolecular Hbond substituents is 1. The highest BCUT2D eigenvalue weighted by molar-refractivity contribution is 5.70. The number of esters is 1. The van der Waals surface area contributed by atoms with Gasteiger partial charge in [-0.05, 0) is 49.6 Å². The summed E-state index contributed by atoms with van der Waals surface area (Å²) in [5.41, 5.74) is 1.98. The average molecular weight is 238 g/mol. The molecule has 0 heterocycles. The van der Waals surface area contributed by atoms with E-state index in [9.17, 15) is 15.0 Å². The van der Waals surface area contributed by atoms with Crippen LogP contribution in [0.2, 0.25) is 0 Å². The molecule has 1 atom stereocenters. The van der Waals surface area contributed by atoms with Gasteiger partial charge in [-0.25, -0.2) is 0 Å². The molecule has 0 saturated heterocycles. The molecule has 94 valence electrons. The van der Waals surface area contributed by atoms with Crippen LogP contribution < -0.4 is 0 Å². The van der Waals surface area contributed by atoms with Crippen molar-refractivity contribution in [2.24, 2.45) is 0 Å². The first-order valence-corrected chi connectivity index (χ1v) is 5.59. The van der Waals surface area contributed by atoms with Crippen molar-refractivity contribution in [1.29, 1.82) is 0 Å². The van der Waals surface area contributed by atoms with Gasteiger partial charge in [-0.1, -0.05) is 0 Å². The van der Waals surface area contributed by atoms with Gasteiger partial charge in [-0.15, -0.1) is 0 Å². The van der Waals surface area contributed by atoms with Crippen molar-refractivity contribution in [2.75, 3.05) is 6.61 Å². The van der Waals surface area contributed by atoms with Crippen LogP contribution in [-0.4, -0.2) is 22.8 Å². The molecule has 1 rings (SSSR count). The van der Waals surface area contributed by atoms with Crippen LogP contribution in [0.25, 0.3) is 0 Å². The van der Waals surface area contributed by atoms with Crippen molar-refractivity contribution < 1.29 is 19.7 Å². The Morgan fingerprint density at radius 1 is 1.35 bits per heavy atom. The molecule has 2 N–H and O–H groups in total. The standard InChI is InChI=1S/C13H18O4/c1-4-17-12(15)7-11(14)10-5-8(2)13(16)9(3)6-10/h5-6,11,14,16H,4,7H2,1-3H3. The number of rotatable bonds is 4. The second-order valence-corrected chi connectivity index (χ2v) is 4.03. The van der Waals surface area contributed by atoms with E-state index in [1.807, 2.05) is 0 Å². The number of aromatic hydroxyl groups is 1. The minimum atomic E-state index is -0.896. The van der Waals surface area contributed by atoms with Gasteiger partial charge in [0, 0.05) is 0 Å². The van der Waals surface area contributed by atoms with E-state index in [0.29, 0.717) is 23.3 Å². The summed E-state index contributed by atoms with van der Waals surface area (Å²) < 4.78 is 4.77. The normalized spacial score (nSPS) is 12.2. The number of phenols is 1. The molecule has 4 nitrogen and oxygen atoms in total. The van der Waals surface area contributed by atoms with Gasteiger partial charge in [0.1, 0.15) is 5.75 Å². The molecule has 0 aliphatic heterocycles. The predicted octanol–water partition coefficient (Wildman–Crippen LogP) is 2.00. The van der Waals surface area contributed by atoms with Gasteiger partial charge in [0.25, 0.3) is 0 Å². The zero-order valence-corrected chi connectivity index (χ0v) is 10.4. The van der Waals surface area contributed by atoms with E-state index in [0.717, 1.165) is 0 Å². The summed E-state index contributed by atoms with van der Waals surface area (Å²) in [5.74, 6) is -0.208. The SMILES string of the molecule is CCOC(=O)CC(O)c1cc(C)c(O)c(C)c1. The van der Waals surface area contributed by atoms with Crippen LogP contribution >= 0.6 is 0 Å². The number of ether oxygens (including phenoxy) is 1. The molecule has 1 aromatic carbocycles. The van der Waals surface area contributed by atoms with Crippen LogP contribution in [0.15, 0.2) is 12.1 Å². The van der Waals surface area contributed by atoms with Gasteiger partial charge in [-0.3, -0.25) is 4.79 Å². The predicted molar refractivity (Wildman–Crippen MR) is 63.8 cm³/mol. The molecule has 0 amide bonds. The van der Waals surface area contributed by atoms with Crippen molar-refractivity contribution in [2.45, 2.75) is 33.3 Å². The summed E-state index contributed by atoms with van der Waals surface area (Å²) in [6.07, 6.45) is -0.968. The van der Waals surface area contributed by atoms with Crippen molar-refractivity contribution in [1.82, 2.24) is 0 Å². The largest absolute Gasteiger partial charge is 0.507 e. The highest BCUT2D eigenvalue weighted by Crippen LogP contribution is 2.27. The zero-order chi connectivity index (χ0) is 13.0. The molecule has 0 spiro atoms. The summed E-state index contributed by atoms with van der Waals surface area (Å²) in [6, 6.07) is 3.35. The maximum absolute atomic E-state index is 11.2. The van der Waals surface area contributed by atoms with Crippen LogP contribution in [0.5, 0.6) is 5.75 Å². The first-order valence-electron chi connectivity index (χ1n) is 5.59. The fraction of sp³-hybridized carbons (Fsp3) is 0.462. The number of aryl methyl sites for hydroxylation is 2. The van der Waals surface area contributed by atoms with Crippen LogP contribution in [0.3, 0.4) is 0 Å². The Morgan fingerprint density at radius 2 is 1.88 bits per heavy atom. The molecular formula is C13H18O4. The third kappa shape index (κ3) is 3.46. The third-order valence-corrected chi connectivity index (χ3v) is 2.56. The van der Waals surface area contributed by atoms with Crippen LogP contribution in [-0.2, 0) is 9.53 Å². The Balaban J connectivity index is 2.82. The molecule has 0 saturated carbocycles. The number of carbonyl (C=O) groups is 1. The molecule has 0 aromatic heterocycles. The zero-order valence-electron chi connectivity index (χ0n) is 10.4. The van der Waals surface area contributed by atoms with Gasteiger partial charge in [0.2, 0.25) is 0 Å². The second-order valence-electron chi connectivity index (χ2n) is 4.03. The average Bonchev–Trinajstić information content (AvgIpc) is 2.25. The summed E-state index contributed by atoms with van der Waals surface area (Å²) in [5, 5.41) is 19.5. The minimum absolute atomic E-state index is 0.0719. The number of hydrogen-bond donors (Lipinski definition) is 2. The lowest BCUT2D eigenvalue weighted by Crippen LogP contribution is -2.10. The van der Waals surface area contributed by atoms with Gasteiger partial charge >= 0.3 is 5.97 Å². The van der Waals surface area contributed by atoms with Crippen LogP contribution in [0.4, 0.5) is 0 Å². The van der Waals surface area contributed by atoms with Gasteiger partial charge in [0.15, 0.2) is 0 Å². The fourth-order valence-electron chi connectivity index (χ4n) is 1.68. The van der Waals surface area contributed by atoms with E-state index >= 15 is 0 Å². The Hall–Kier alpha value is -1.55. The van der Waals surface area contributed by atoms with Crippen molar-refractivity contribution in [3.8, 4) is 5.75 Å². The Labute approximate surface area is 101 Å². The van der Waals surface area contributed by atoms with Crippen molar-refractivity contribution in [3.05, 3.63) is 28.8 Å². The Morgan fingerprint density at radius 3 is 2.35 bits per heavy atom. The Bertz CT molecular complexity index is 389. The highest BCUT2D eigenvalue weighted by Gasteiger charge is 2.15. The molecule has 1 aromatic rings. The third-order valence-electron chi connectivity index (χ3n) is 2.56. The van der Waals surface area contributed by atoms with Gasteiger partial charge < -0.3 is 14.9 Å². The Kier molecular flexibility index (Phi) is 4.52. The van der Waals surface area contributed by atoms with E-state index in [2.05, 4.69) is 0 Å². The van der Waals surface area contributed by atoms with E-state index < -0.39 is 12.1 Å². The topological polar surface area (TPSA) is 66.8 Å². The molecule has 4 heteroatoms. The number of aliphatic hydroxyl groups is 1. The first-order chi connectivity index (χ1) is 7.95. The highest BCUT2D eigenvalue weighted by atomic mass is 16.5. The minimum Gasteiger partial charge on any atom is -0.507 e. The maximum atomic E-state index is 11.2. The monoisotopic (exact) mass is 238 g/mol.